The molecule has 0 saturated carbocycles. The maximum atomic E-state index is 12.1. The number of hydrogen-bond donors (Lipinski definition) is 2. The van der Waals surface area contributed by atoms with Crippen molar-refractivity contribution in [3.63, 3.8) is 0 Å². The highest BCUT2D eigenvalue weighted by Gasteiger charge is 2.07. The number of benzene rings is 2. The van der Waals surface area contributed by atoms with Crippen LogP contribution in [0, 0.1) is 11.8 Å². The van der Waals surface area contributed by atoms with E-state index in [-0.39, 0.29) is 17.6 Å². The molecule has 0 aromatic heterocycles. The van der Waals surface area contributed by atoms with Crippen molar-refractivity contribution < 1.29 is 14.4 Å². The maximum Gasteiger partial charge on any atom is 0.251 e. The zero-order chi connectivity index (χ0) is 20.4. The Kier molecular flexibility index (Phi) is 7.74. The van der Waals surface area contributed by atoms with Crippen molar-refractivity contribution >= 4 is 23.3 Å². The second-order valence-electron chi connectivity index (χ2n) is 6.09. The summed E-state index contributed by atoms with van der Waals surface area (Å²) < 4.78 is 0. The van der Waals surface area contributed by atoms with Gasteiger partial charge >= 0.3 is 0 Å². The fraction of sp³-hybridized carbons (Fsp3) is 0.174. The number of allylic oxidation sites excluding steroid dienone is 1. The van der Waals surface area contributed by atoms with E-state index in [4.69, 9.17) is 0 Å². The summed E-state index contributed by atoms with van der Waals surface area (Å²) in [6, 6.07) is 13.7. The standard InChI is InChI=1S/C23H22N2O3/c1-3-4-6-18-8-14-21(15-9-18)25-22(27)7-5-16-24-23(28)20-12-10-19(11-13-20)17(2)26/h3,8-15H,1,5,7,16H2,2H3,(H,24,28)(H,25,27). The van der Waals surface area contributed by atoms with Gasteiger partial charge in [0.05, 0.1) is 0 Å². The molecule has 0 radical (unpaired) electrons. The number of anilines is 1. The number of amides is 2. The molecule has 0 aliphatic carbocycles. The predicted molar refractivity (Wildman–Crippen MR) is 110 cm³/mol. The first-order chi connectivity index (χ1) is 13.5. The van der Waals surface area contributed by atoms with Crippen LogP contribution in [0.4, 0.5) is 5.69 Å². The summed E-state index contributed by atoms with van der Waals surface area (Å²) in [5, 5.41) is 5.58. The van der Waals surface area contributed by atoms with E-state index in [2.05, 4.69) is 29.1 Å². The number of ketones is 1. The highest BCUT2D eigenvalue weighted by Crippen LogP contribution is 2.10. The smallest absolute Gasteiger partial charge is 0.251 e. The van der Waals surface area contributed by atoms with Gasteiger partial charge in [0.25, 0.3) is 5.91 Å². The van der Waals surface area contributed by atoms with Gasteiger partial charge in [0.1, 0.15) is 0 Å². The molecule has 0 fully saturated rings. The molecule has 0 aliphatic rings. The molecule has 2 N–H and O–H groups in total. The summed E-state index contributed by atoms with van der Waals surface area (Å²) in [7, 11) is 0. The maximum absolute atomic E-state index is 12.1. The lowest BCUT2D eigenvalue weighted by Crippen LogP contribution is -2.25. The molecule has 2 aromatic rings. The lowest BCUT2D eigenvalue weighted by molar-refractivity contribution is -0.116. The van der Waals surface area contributed by atoms with Crippen molar-refractivity contribution in [3.8, 4) is 11.8 Å². The molecule has 0 bridgehead atoms. The van der Waals surface area contributed by atoms with Crippen molar-refractivity contribution in [3.05, 3.63) is 77.9 Å². The number of rotatable bonds is 7. The topological polar surface area (TPSA) is 75.3 Å². The van der Waals surface area contributed by atoms with E-state index in [1.54, 1.807) is 36.4 Å². The third kappa shape index (κ3) is 6.58. The predicted octanol–water partition coefficient (Wildman–Crippen LogP) is 3.58. The molecule has 0 unspecified atom stereocenters. The minimum absolute atomic E-state index is 0.0442. The molecule has 142 valence electrons. The van der Waals surface area contributed by atoms with Crippen molar-refractivity contribution in [2.45, 2.75) is 19.8 Å². The van der Waals surface area contributed by atoms with E-state index < -0.39 is 0 Å². The second-order valence-corrected chi connectivity index (χ2v) is 6.09. The van der Waals surface area contributed by atoms with Gasteiger partial charge in [-0.2, -0.15) is 0 Å². The normalized spacial score (nSPS) is 9.61. The molecule has 0 saturated heterocycles. The van der Waals surface area contributed by atoms with Gasteiger partial charge in [-0.25, -0.2) is 0 Å². The van der Waals surface area contributed by atoms with Gasteiger partial charge in [-0.15, -0.1) is 0 Å². The fourth-order valence-electron chi connectivity index (χ4n) is 2.40. The number of Topliss-reactive ketones (excluding diaryl/α,β-unsaturated/α-hetero) is 1. The third-order valence-electron chi connectivity index (χ3n) is 3.91. The first-order valence-corrected chi connectivity index (χ1v) is 8.91. The number of carbonyl (C=O) groups is 3. The lowest BCUT2D eigenvalue weighted by Gasteiger charge is -2.07. The van der Waals surface area contributed by atoms with E-state index in [0.29, 0.717) is 36.2 Å². The van der Waals surface area contributed by atoms with Crippen LogP contribution < -0.4 is 10.6 Å². The summed E-state index contributed by atoms with van der Waals surface area (Å²) in [6.45, 7) is 5.40. The number of nitrogens with one attached hydrogen (secondary N) is 2. The summed E-state index contributed by atoms with van der Waals surface area (Å²) in [6.07, 6.45) is 2.34. The molecule has 2 amide bonds. The van der Waals surface area contributed by atoms with Crippen LogP contribution in [0.15, 0.2) is 61.2 Å². The molecular formula is C23H22N2O3. The van der Waals surface area contributed by atoms with Crippen LogP contribution in [-0.4, -0.2) is 24.1 Å². The van der Waals surface area contributed by atoms with Crippen LogP contribution in [0.3, 0.4) is 0 Å². The van der Waals surface area contributed by atoms with Crippen molar-refractivity contribution in [2.75, 3.05) is 11.9 Å². The van der Waals surface area contributed by atoms with E-state index in [1.807, 2.05) is 12.1 Å². The van der Waals surface area contributed by atoms with Crippen LogP contribution in [0.1, 0.15) is 46.0 Å². The SMILES string of the molecule is C=CC#Cc1ccc(NC(=O)CCCNC(=O)c2ccc(C(C)=O)cc2)cc1. The lowest BCUT2D eigenvalue weighted by atomic mass is 10.1. The highest BCUT2D eigenvalue weighted by molar-refractivity contribution is 5.97. The first-order valence-electron chi connectivity index (χ1n) is 8.91. The van der Waals surface area contributed by atoms with Gasteiger partial charge < -0.3 is 10.6 Å². The van der Waals surface area contributed by atoms with Gasteiger partial charge in [0.15, 0.2) is 5.78 Å². The molecular weight excluding hydrogens is 352 g/mol. The molecule has 2 rings (SSSR count). The monoisotopic (exact) mass is 374 g/mol. The minimum atomic E-state index is -0.230. The zero-order valence-corrected chi connectivity index (χ0v) is 15.7. The van der Waals surface area contributed by atoms with E-state index >= 15 is 0 Å². The van der Waals surface area contributed by atoms with Crippen molar-refractivity contribution in [1.29, 1.82) is 0 Å². The largest absolute Gasteiger partial charge is 0.352 e. The Balaban J connectivity index is 1.72. The zero-order valence-electron chi connectivity index (χ0n) is 15.7. The van der Waals surface area contributed by atoms with Crippen molar-refractivity contribution in [1.82, 2.24) is 5.32 Å². The summed E-state index contributed by atoms with van der Waals surface area (Å²) in [4.78, 5) is 35.3. The van der Waals surface area contributed by atoms with Crippen LogP contribution in [-0.2, 0) is 4.79 Å². The Hall–Kier alpha value is -3.65. The number of carbonyl (C=O) groups excluding carboxylic acids is 3. The van der Waals surface area contributed by atoms with Gasteiger partial charge in [-0.1, -0.05) is 30.6 Å². The highest BCUT2D eigenvalue weighted by atomic mass is 16.2. The third-order valence-corrected chi connectivity index (χ3v) is 3.91. The van der Waals surface area contributed by atoms with Gasteiger partial charge in [-0.3, -0.25) is 14.4 Å². The van der Waals surface area contributed by atoms with Gasteiger partial charge in [-0.05, 0) is 55.8 Å². The summed E-state index contributed by atoms with van der Waals surface area (Å²) >= 11 is 0. The Morgan fingerprint density at radius 2 is 1.64 bits per heavy atom. The summed E-state index contributed by atoms with van der Waals surface area (Å²) in [5.41, 5.74) is 2.59. The molecule has 5 heteroatoms. The molecule has 0 heterocycles. The molecule has 28 heavy (non-hydrogen) atoms. The van der Waals surface area contributed by atoms with Gasteiger partial charge in [0.2, 0.25) is 5.91 Å². The van der Waals surface area contributed by atoms with Crippen LogP contribution in [0.5, 0.6) is 0 Å². The average Bonchev–Trinajstić information content (AvgIpc) is 2.70. The first kappa shape index (κ1) is 20.7. The fourth-order valence-corrected chi connectivity index (χ4v) is 2.40. The van der Waals surface area contributed by atoms with Gasteiger partial charge in [0, 0.05) is 35.3 Å². The van der Waals surface area contributed by atoms with Crippen LogP contribution >= 0.6 is 0 Å². The molecule has 0 atom stereocenters. The Bertz CT molecular complexity index is 917. The van der Waals surface area contributed by atoms with Crippen LogP contribution in [0.2, 0.25) is 0 Å². The molecule has 2 aromatic carbocycles. The molecule has 5 nitrogen and oxygen atoms in total. The second kappa shape index (κ2) is 10.5. The summed E-state index contributed by atoms with van der Waals surface area (Å²) in [5.74, 6) is 5.28. The molecule has 0 spiro atoms. The van der Waals surface area contributed by atoms with Crippen LogP contribution in [0.25, 0.3) is 0 Å². The quantitative estimate of drug-likeness (QED) is 0.442. The number of hydrogen-bond acceptors (Lipinski definition) is 3. The average molecular weight is 374 g/mol. The molecule has 0 aliphatic heterocycles. The van der Waals surface area contributed by atoms with Crippen molar-refractivity contribution in [2.24, 2.45) is 0 Å². The van der Waals surface area contributed by atoms with E-state index in [1.165, 1.54) is 13.0 Å². The Morgan fingerprint density at radius 3 is 2.25 bits per heavy atom. The minimum Gasteiger partial charge on any atom is -0.352 e. The Labute approximate surface area is 164 Å². The van der Waals surface area contributed by atoms with E-state index in [9.17, 15) is 14.4 Å². The van der Waals surface area contributed by atoms with E-state index in [0.717, 1.165) is 5.56 Å². The Morgan fingerprint density at radius 1 is 1.00 bits per heavy atom.